The Morgan fingerprint density at radius 2 is 2.12 bits per heavy atom. The van der Waals surface area contributed by atoms with Gasteiger partial charge in [0.2, 0.25) is 0 Å². The Labute approximate surface area is 99.8 Å². The van der Waals surface area contributed by atoms with Crippen LogP contribution in [0.1, 0.15) is 12.0 Å². The molecule has 0 spiro atoms. The minimum Gasteiger partial charge on any atom is -0.496 e. The van der Waals surface area contributed by atoms with E-state index in [1.807, 2.05) is 0 Å². The first-order chi connectivity index (χ1) is 7.79. The topological polar surface area (TPSA) is 46.5 Å². The summed E-state index contributed by atoms with van der Waals surface area (Å²) in [5.74, 6) is -6.95. The number of benzene rings is 1. The van der Waals surface area contributed by atoms with Crippen molar-refractivity contribution >= 4 is 17.6 Å². The quantitative estimate of drug-likeness (QED) is 0.913. The molecule has 0 radical (unpaired) electrons. The van der Waals surface area contributed by atoms with Crippen LogP contribution < -0.4 is 4.74 Å². The van der Waals surface area contributed by atoms with Crippen LogP contribution in [0.5, 0.6) is 5.75 Å². The van der Waals surface area contributed by atoms with Gasteiger partial charge in [0.05, 0.1) is 17.7 Å². The molecule has 0 heterocycles. The molecule has 1 aromatic carbocycles. The van der Waals surface area contributed by atoms with Gasteiger partial charge < -0.3 is 9.84 Å². The van der Waals surface area contributed by atoms with E-state index in [1.165, 1.54) is 0 Å². The maximum absolute atomic E-state index is 13.6. The van der Waals surface area contributed by atoms with E-state index in [2.05, 4.69) is 4.74 Å². The van der Waals surface area contributed by atoms with Gasteiger partial charge in [-0.05, 0) is 12.1 Å². The van der Waals surface area contributed by atoms with E-state index >= 15 is 0 Å². The molecule has 0 atom stereocenters. The van der Waals surface area contributed by atoms with Crippen LogP contribution in [0.25, 0.3) is 0 Å². The Kier molecular flexibility index (Phi) is 3.87. The summed E-state index contributed by atoms with van der Waals surface area (Å²) in [5.41, 5.74) is -0.955. The number of halogens is 4. The molecule has 7 heteroatoms. The number of methoxy groups -OCH3 is 1. The molecule has 0 fully saturated rings. The number of carboxylic acid groups (broad SMARTS) is 1. The lowest BCUT2D eigenvalue weighted by atomic mass is 10.0. The van der Waals surface area contributed by atoms with Crippen LogP contribution >= 0.6 is 11.6 Å². The third kappa shape index (κ3) is 2.82. The van der Waals surface area contributed by atoms with E-state index in [4.69, 9.17) is 16.7 Å². The second-order valence-electron chi connectivity index (χ2n) is 3.21. The number of hydrogen-bond donors (Lipinski definition) is 1. The van der Waals surface area contributed by atoms with E-state index < -0.39 is 34.7 Å². The molecule has 1 rings (SSSR count). The van der Waals surface area contributed by atoms with Crippen LogP contribution in [0.2, 0.25) is 5.02 Å². The average Bonchev–Trinajstić information content (AvgIpc) is 2.19. The fraction of sp³-hybridized carbons (Fsp3) is 0.300. The van der Waals surface area contributed by atoms with Gasteiger partial charge >= 0.3 is 5.97 Å². The summed E-state index contributed by atoms with van der Waals surface area (Å²) >= 11 is 5.42. The molecule has 0 saturated heterocycles. The summed E-state index contributed by atoms with van der Waals surface area (Å²) in [7, 11) is 1.10. The maximum atomic E-state index is 13.6. The van der Waals surface area contributed by atoms with Gasteiger partial charge in [0, 0.05) is 0 Å². The molecule has 3 nitrogen and oxygen atoms in total. The fourth-order valence-corrected chi connectivity index (χ4v) is 1.62. The maximum Gasteiger partial charge on any atom is 0.309 e. The first-order valence-electron chi connectivity index (χ1n) is 4.41. The molecule has 0 aliphatic rings. The first-order valence-corrected chi connectivity index (χ1v) is 4.79. The highest BCUT2D eigenvalue weighted by molar-refractivity contribution is 6.31. The zero-order valence-corrected chi connectivity index (χ0v) is 9.39. The number of carboxylic acids is 1. The number of rotatable bonds is 4. The summed E-state index contributed by atoms with van der Waals surface area (Å²) in [6.07, 6.45) is -1.49. The second-order valence-corrected chi connectivity index (χ2v) is 3.59. The predicted octanol–water partition coefficient (Wildman–Crippen LogP) is 3.05. The number of hydrogen-bond acceptors (Lipinski definition) is 2. The summed E-state index contributed by atoms with van der Waals surface area (Å²) in [5, 5.41) is 7.54. The monoisotopic (exact) mass is 268 g/mol. The van der Waals surface area contributed by atoms with Gasteiger partial charge in [-0.2, -0.15) is 0 Å². The minimum atomic E-state index is -3.81. The highest BCUT2D eigenvalue weighted by Gasteiger charge is 2.40. The van der Waals surface area contributed by atoms with Crippen molar-refractivity contribution in [3.05, 3.63) is 28.5 Å². The molecule has 1 aromatic rings. The number of carbonyl (C=O) groups is 1. The van der Waals surface area contributed by atoms with E-state index in [-0.39, 0.29) is 5.75 Å². The predicted molar refractivity (Wildman–Crippen MR) is 54.1 cm³/mol. The van der Waals surface area contributed by atoms with E-state index in [0.717, 1.165) is 19.2 Å². The third-order valence-corrected chi connectivity index (χ3v) is 2.39. The Bertz CT molecular complexity index is 449. The molecule has 0 aromatic heterocycles. The van der Waals surface area contributed by atoms with Crippen molar-refractivity contribution < 1.29 is 27.8 Å². The highest BCUT2D eigenvalue weighted by Crippen LogP contribution is 2.43. The Hall–Kier alpha value is -1.43. The molecular weight excluding hydrogens is 261 g/mol. The van der Waals surface area contributed by atoms with Crippen molar-refractivity contribution in [3.8, 4) is 5.75 Å². The number of ether oxygens (including phenoxy) is 1. The van der Waals surface area contributed by atoms with Gasteiger partial charge in [-0.25, -0.2) is 13.2 Å². The van der Waals surface area contributed by atoms with Crippen molar-refractivity contribution in [2.24, 2.45) is 0 Å². The highest BCUT2D eigenvalue weighted by atomic mass is 35.5. The van der Waals surface area contributed by atoms with Gasteiger partial charge in [0.15, 0.2) is 0 Å². The molecule has 17 heavy (non-hydrogen) atoms. The van der Waals surface area contributed by atoms with Gasteiger partial charge in [-0.1, -0.05) is 11.6 Å². The van der Waals surface area contributed by atoms with Gasteiger partial charge in [-0.3, -0.25) is 4.79 Å². The van der Waals surface area contributed by atoms with E-state index in [9.17, 15) is 18.0 Å². The lowest BCUT2D eigenvalue weighted by Crippen LogP contribution is -2.20. The molecule has 1 N–H and O–H groups in total. The van der Waals surface area contributed by atoms with Crippen molar-refractivity contribution in [2.75, 3.05) is 7.11 Å². The smallest absolute Gasteiger partial charge is 0.309 e. The number of aliphatic carboxylic acids is 1. The first kappa shape index (κ1) is 13.6. The molecule has 0 bridgehead atoms. The number of alkyl halides is 2. The van der Waals surface area contributed by atoms with Gasteiger partial charge in [0.25, 0.3) is 5.92 Å². The van der Waals surface area contributed by atoms with Crippen LogP contribution in [-0.4, -0.2) is 18.2 Å². The average molecular weight is 269 g/mol. The van der Waals surface area contributed by atoms with Gasteiger partial charge in [0.1, 0.15) is 18.0 Å². The summed E-state index contributed by atoms with van der Waals surface area (Å²) in [4.78, 5) is 10.3. The van der Waals surface area contributed by atoms with Gasteiger partial charge in [-0.15, -0.1) is 0 Å². The largest absolute Gasteiger partial charge is 0.496 e. The van der Waals surface area contributed by atoms with Crippen LogP contribution in [-0.2, 0) is 10.7 Å². The Morgan fingerprint density at radius 3 is 2.59 bits per heavy atom. The van der Waals surface area contributed by atoms with Crippen LogP contribution in [0.3, 0.4) is 0 Å². The lowest BCUT2D eigenvalue weighted by molar-refractivity contribution is -0.145. The SMILES string of the molecule is COc1ccc(F)c(Cl)c1C(F)(F)CC(=O)O. The second kappa shape index (κ2) is 4.83. The zero-order chi connectivity index (χ0) is 13.2. The third-order valence-electron chi connectivity index (χ3n) is 2.02. The van der Waals surface area contributed by atoms with Crippen molar-refractivity contribution in [3.63, 3.8) is 0 Å². The Balaban J connectivity index is 3.37. The van der Waals surface area contributed by atoms with Crippen LogP contribution in [0.15, 0.2) is 12.1 Å². The Morgan fingerprint density at radius 1 is 1.53 bits per heavy atom. The van der Waals surface area contributed by atoms with Crippen molar-refractivity contribution in [1.82, 2.24) is 0 Å². The molecular formula is C10H8ClF3O3. The molecule has 0 unspecified atom stereocenters. The molecule has 0 aliphatic heterocycles. The minimum absolute atomic E-state index is 0.359. The molecule has 0 aliphatic carbocycles. The summed E-state index contributed by atoms with van der Waals surface area (Å²) < 4.78 is 44.9. The molecule has 0 amide bonds. The van der Waals surface area contributed by atoms with Crippen molar-refractivity contribution in [1.29, 1.82) is 0 Å². The summed E-state index contributed by atoms with van der Waals surface area (Å²) in [6, 6.07) is 1.83. The molecule has 0 saturated carbocycles. The van der Waals surface area contributed by atoms with E-state index in [0.29, 0.717) is 0 Å². The van der Waals surface area contributed by atoms with E-state index in [1.54, 1.807) is 0 Å². The fourth-order valence-electron chi connectivity index (χ4n) is 1.32. The normalized spacial score (nSPS) is 11.4. The lowest BCUT2D eigenvalue weighted by Gasteiger charge is -2.19. The van der Waals surface area contributed by atoms with Crippen LogP contribution in [0, 0.1) is 5.82 Å². The molecule has 94 valence electrons. The standard InChI is InChI=1S/C10H8ClF3O3/c1-17-6-3-2-5(12)9(11)8(6)10(13,14)4-7(15)16/h2-3H,4H2,1H3,(H,15,16). The summed E-state index contributed by atoms with van der Waals surface area (Å²) in [6.45, 7) is 0. The zero-order valence-electron chi connectivity index (χ0n) is 8.64. The van der Waals surface area contributed by atoms with Crippen LogP contribution in [0.4, 0.5) is 13.2 Å². The van der Waals surface area contributed by atoms with Crippen molar-refractivity contribution in [2.45, 2.75) is 12.3 Å².